The van der Waals surface area contributed by atoms with Gasteiger partial charge in [0.05, 0.1) is 5.56 Å². The van der Waals surface area contributed by atoms with Crippen LogP contribution in [0, 0.1) is 0 Å². The normalized spacial score (nSPS) is 11.6. The molecule has 0 saturated carbocycles. The van der Waals surface area contributed by atoms with Crippen LogP contribution in [0.3, 0.4) is 0 Å². The van der Waals surface area contributed by atoms with E-state index in [4.69, 9.17) is 5.73 Å². The van der Waals surface area contributed by atoms with Gasteiger partial charge in [0.25, 0.3) is 5.56 Å². The van der Waals surface area contributed by atoms with Crippen LogP contribution in [0.15, 0.2) is 41.2 Å². The summed E-state index contributed by atoms with van der Waals surface area (Å²) >= 11 is 0. The summed E-state index contributed by atoms with van der Waals surface area (Å²) in [5, 5.41) is 0. The quantitative estimate of drug-likeness (QED) is 0.879. The number of halogens is 3. The van der Waals surface area contributed by atoms with Gasteiger partial charge in [-0.1, -0.05) is 18.2 Å². The van der Waals surface area contributed by atoms with Crippen molar-refractivity contribution in [1.29, 1.82) is 0 Å². The number of rotatable bonds is 2. The summed E-state index contributed by atoms with van der Waals surface area (Å²) in [5.74, 6) is 0. The molecule has 2 aromatic rings. The van der Waals surface area contributed by atoms with Crippen molar-refractivity contribution in [2.75, 3.05) is 0 Å². The monoisotopic (exact) mass is 268 g/mol. The Balaban J connectivity index is 2.48. The molecule has 0 aliphatic heterocycles. The smallest absolute Gasteiger partial charge is 0.326 e. The molecule has 0 radical (unpaired) electrons. The van der Waals surface area contributed by atoms with E-state index in [-0.39, 0.29) is 6.54 Å². The summed E-state index contributed by atoms with van der Waals surface area (Å²) in [4.78, 5) is 14.1. The number of aromatic nitrogens is 1. The molecule has 0 bridgehead atoms. The van der Waals surface area contributed by atoms with E-state index in [1.54, 1.807) is 6.07 Å². The number of nitrogens with one attached hydrogen (secondary N) is 1. The van der Waals surface area contributed by atoms with Crippen molar-refractivity contribution in [2.45, 2.75) is 12.7 Å². The van der Waals surface area contributed by atoms with Crippen molar-refractivity contribution < 1.29 is 13.2 Å². The van der Waals surface area contributed by atoms with Crippen molar-refractivity contribution >= 4 is 0 Å². The van der Waals surface area contributed by atoms with E-state index in [0.29, 0.717) is 16.8 Å². The largest absolute Gasteiger partial charge is 0.416 e. The molecule has 0 aliphatic rings. The van der Waals surface area contributed by atoms with Crippen LogP contribution in [0.25, 0.3) is 11.3 Å². The lowest BCUT2D eigenvalue weighted by molar-refractivity contribution is -0.137. The van der Waals surface area contributed by atoms with Crippen LogP contribution in [-0.4, -0.2) is 4.98 Å². The molecule has 3 nitrogen and oxygen atoms in total. The number of aromatic amines is 1. The van der Waals surface area contributed by atoms with Crippen molar-refractivity contribution in [3.63, 3.8) is 0 Å². The summed E-state index contributed by atoms with van der Waals surface area (Å²) in [6, 6.07) is 7.83. The zero-order chi connectivity index (χ0) is 14.0. The predicted octanol–water partition coefficient (Wildman–Crippen LogP) is 2.52. The van der Waals surface area contributed by atoms with E-state index in [0.717, 1.165) is 12.1 Å². The second kappa shape index (κ2) is 4.89. The van der Waals surface area contributed by atoms with Crippen LogP contribution >= 0.6 is 0 Å². The molecule has 0 aliphatic carbocycles. The fourth-order valence-corrected chi connectivity index (χ4v) is 1.70. The van der Waals surface area contributed by atoms with Gasteiger partial charge in [-0.05, 0) is 23.8 Å². The Bertz CT molecular complexity index is 647. The van der Waals surface area contributed by atoms with E-state index >= 15 is 0 Å². The molecule has 100 valence electrons. The Kier molecular flexibility index (Phi) is 3.44. The van der Waals surface area contributed by atoms with E-state index in [1.165, 1.54) is 18.2 Å². The van der Waals surface area contributed by atoms with E-state index < -0.39 is 17.3 Å². The zero-order valence-corrected chi connectivity index (χ0v) is 9.79. The molecule has 0 amide bonds. The molecule has 2 rings (SSSR count). The van der Waals surface area contributed by atoms with Gasteiger partial charge in [0, 0.05) is 17.8 Å². The van der Waals surface area contributed by atoms with Gasteiger partial charge < -0.3 is 10.7 Å². The van der Waals surface area contributed by atoms with Gasteiger partial charge in [0.1, 0.15) is 0 Å². The molecule has 3 N–H and O–H groups in total. The van der Waals surface area contributed by atoms with Gasteiger partial charge in [0.15, 0.2) is 0 Å². The molecule has 0 saturated heterocycles. The highest BCUT2D eigenvalue weighted by Gasteiger charge is 2.30. The third kappa shape index (κ3) is 2.85. The summed E-state index contributed by atoms with van der Waals surface area (Å²) in [6.45, 7) is 0.0816. The summed E-state index contributed by atoms with van der Waals surface area (Å²) in [5.41, 5.74) is 5.22. The minimum absolute atomic E-state index is 0.0816. The number of alkyl halides is 3. The maximum Gasteiger partial charge on any atom is 0.416 e. The summed E-state index contributed by atoms with van der Waals surface area (Å²) in [6.07, 6.45) is -4.41. The standard InChI is InChI=1S/C13H11F3N2O/c14-13(15,16)10-3-1-2-8(6-10)11-5-4-9(7-17)12(19)18-11/h1-6H,7,17H2,(H,18,19). The highest BCUT2D eigenvalue weighted by molar-refractivity contribution is 5.60. The van der Waals surface area contributed by atoms with E-state index in [2.05, 4.69) is 4.98 Å². The Labute approximate surface area is 106 Å². The molecule has 1 aromatic heterocycles. The average molecular weight is 268 g/mol. The summed E-state index contributed by atoms with van der Waals surface area (Å²) < 4.78 is 37.8. The number of hydrogen-bond donors (Lipinski definition) is 2. The fourth-order valence-electron chi connectivity index (χ4n) is 1.70. The maximum atomic E-state index is 12.6. The van der Waals surface area contributed by atoms with Gasteiger partial charge in [-0.25, -0.2) is 0 Å². The molecule has 0 unspecified atom stereocenters. The van der Waals surface area contributed by atoms with Gasteiger partial charge >= 0.3 is 6.18 Å². The lowest BCUT2D eigenvalue weighted by atomic mass is 10.1. The second-order valence-corrected chi connectivity index (χ2v) is 4.01. The number of pyridine rings is 1. The predicted molar refractivity (Wildman–Crippen MR) is 65.4 cm³/mol. The molecular weight excluding hydrogens is 257 g/mol. The van der Waals surface area contributed by atoms with Gasteiger partial charge in [-0.2, -0.15) is 13.2 Å². The maximum absolute atomic E-state index is 12.6. The SMILES string of the molecule is NCc1ccc(-c2cccc(C(F)(F)F)c2)[nH]c1=O. The van der Waals surface area contributed by atoms with E-state index in [1.807, 2.05) is 0 Å². The average Bonchev–Trinajstić information content (AvgIpc) is 2.38. The number of nitrogens with two attached hydrogens (primary N) is 1. The van der Waals surface area contributed by atoms with Crippen molar-refractivity contribution in [3.8, 4) is 11.3 Å². The third-order valence-electron chi connectivity index (χ3n) is 2.71. The first-order valence-corrected chi connectivity index (χ1v) is 5.51. The minimum atomic E-state index is -4.41. The van der Waals surface area contributed by atoms with E-state index in [9.17, 15) is 18.0 Å². The Morgan fingerprint density at radius 3 is 2.47 bits per heavy atom. The summed E-state index contributed by atoms with van der Waals surface area (Å²) in [7, 11) is 0. The van der Waals surface area contributed by atoms with Gasteiger partial charge in [0.2, 0.25) is 0 Å². The molecule has 1 heterocycles. The molecule has 0 atom stereocenters. The fraction of sp³-hybridized carbons (Fsp3) is 0.154. The van der Waals surface area contributed by atoms with Gasteiger partial charge in [-0.15, -0.1) is 0 Å². The van der Waals surface area contributed by atoms with Crippen LogP contribution in [-0.2, 0) is 12.7 Å². The van der Waals surface area contributed by atoms with Crippen LogP contribution in [0.2, 0.25) is 0 Å². The first-order valence-electron chi connectivity index (χ1n) is 5.51. The first kappa shape index (κ1) is 13.4. The molecule has 0 spiro atoms. The van der Waals surface area contributed by atoms with Crippen molar-refractivity contribution in [2.24, 2.45) is 5.73 Å². The number of hydrogen-bond acceptors (Lipinski definition) is 2. The van der Waals surface area contributed by atoms with Crippen LogP contribution in [0.5, 0.6) is 0 Å². The molecule has 6 heteroatoms. The Hall–Kier alpha value is -2.08. The third-order valence-corrected chi connectivity index (χ3v) is 2.71. The molecule has 0 fully saturated rings. The number of benzene rings is 1. The zero-order valence-electron chi connectivity index (χ0n) is 9.79. The topological polar surface area (TPSA) is 58.9 Å². The highest BCUT2D eigenvalue weighted by Crippen LogP contribution is 2.31. The molecular formula is C13H11F3N2O. The molecule has 19 heavy (non-hydrogen) atoms. The van der Waals surface area contributed by atoms with Crippen LogP contribution in [0.1, 0.15) is 11.1 Å². The Morgan fingerprint density at radius 1 is 1.16 bits per heavy atom. The van der Waals surface area contributed by atoms with Gasteiger partial charge in [-0.3, -0.25) is 4.79 Å². The lowest BCUT2D eigenvalue weighted by Gasteiger charge is -2.09. The van der Waals surface area contributed by atoms with Crippen molar-refractivity contribution in [1.82, 2.24) is 4.98 Å². The number of H-pyrrole nitrogens is 1. The van der Waals surface area contributed by atoms with Crippen LogP contribution in [0.4, 0.5) is 13.2 Å². The van der Waals surface area contributed by atoms with Crippen molar-refractivity contribution in [3.05, 3.63) is 57.9 Å². The Morgan fingerprint density at radius 2 is 1.89 bits per heavy atom. The highest BCUT2D eigenvalue weighted by atomic mass is 19.4. The minimum Gasteiger partial charge on any atom is -0.326 e. The van der Waals surface area contributed by atoms with Crippen LogP contribution < -0.4 is 11.3 Å². The first-order chi connectivity index (χ1) is 8.91. The second-order valence-electron chi connectivity index (χ2n) is 4.01. The lowest BCUT2D eigenvalue weighted by Crippen LogP contribution is -2.16. The molecule has 1 aromatic carbocycles.